The van der Waals surface area contributed by atoms with Gasteiger partial charge in [-0.1, -0.05) is 12.1 Å². The molecule has 1 saturated heterocycles. The maximum absolute atomic E-state index is 13.0. The average Bonchev–Trinajstić information content (AvgIpc) is 2.70. The van der Waals surface area contributed by atoms with Gasteiger partial charge in [-0.3, -0.25) is 9.59 Å². The van der Waals surface area contributed by atoms with Gasteiger partial charge in [-0.15, -0.1) is 0 Å². The number of carbonyl (C=O) groups is 2. The lowest BCUT2D eigenvalue weighted by molar-refractivity contribution is -0.133. The molecule has 1 fully saturated rings. The van der Waals surface area contributed by atoms with E-state index in [1.165, 1.54) is 12.1 Å². The van der Waals surface area contributed by atoms with Gasteiger partial charge in [0.2, 0.25) is 11.8 Å². The molecule has 3 rings (SSSR count). The summed E-state index contributed by atoms with van der Waals surface area (Å²) in [6.45, 7) is 1.13. The van der Waals surface area contributed by atoms with Crippen LogP contribution in [0.4, 0.5) is 15.8 Å². The fraction of sp³-hybridized carbons (Fsp3) is 0.364. The van der Waals surface area contributed by atoms with Gasteiger partial charge in [0.15, 0.2) is 0 Å². The normalized spacial score (nSPS) is 14.6. The summed E-state index contributed by atoms with van der Waals surface area (Å²) < 4.78 is 13.0. The molecular weight excluding hydrogens is 357 g/mol. The van der Waals surface area contributed by atoms with Gasteiger partial charge in [-0.2, -0.15) is 0 Å². The van der Waals surface area contributed by atoms with Gasteiger partial charge in [-0.05, 0) is 54.8 Å². The van der Waals surface area contributed by atoms with Crippen LogP contribution in [0.3, 0.4) is 0 Å². The summed E-state index contributed by atoms with van der Waals surface area (Å²) in [6, 6.07) is 13.7. The first kappa shape index (κ1) is 19.9. The molecule has 1 aliphatic rings. The van der Waals surface area contributed by atoms with Gasteiger partial charge in [0.25, 0.3) is 0 Å². The highest BCUT2D eigenvalue weighted by molar-refractivity contribution is 5.93. The van der Waals surface area contributed by atoms with E-state index in [0.29, 0.717) is 25.9 Å². The first-order valence-electron chi connectivity index (χ1n) is 9.53. The van der Waals surface area contributed by atoms with E-state index >= 15 is 0 Å². The lowest BCUT2D eigenvalue weighted by atomic mass is 9.95. The van der Waals surface area contributed by atoms with Gasteiger partial charge in [-0.25, -0.2) is 4.39 Å². The molecule has 0 aromatic heterocycles. The molecule has 0 aliphatic carbocycles. The van der Waals surface area contributed by atoms with E-state index in [-0.39, 0.29) is 30.0 Å². The van der Waals surface area contributed by atoms with Crippen LogP contribution in [0.25, 0.3) is 0 Å². The van der Waals surface area contributed by atoms with Crippen molar-refractivity contribution in [1.82, 2.24) is 4.90 Å². The molecule has 2 amide bonds. The van der Waals surface area contributed by atoms with Gasteiger partial charge in [0.1, 0.15) is 5.82 Å². The van der Waals surface area contributed by atoms with Gasteiger partial charge in [0.05, 0.1) is 6.42 Å². The molecule has 0 atom stereocenters. The number of nitrogens with one attached hydrogen (secondary N) is 1. The maximum Gasteiger partial charge on any atom is 0.227 e. The average molecular weight is 383 g/mol. The van der Waals surface area contributed by atoms with Crippen molar-refractivity contribution in [3.8, 4) is 0 Å². The first-order valence-corrected chi connectivity index (χ1v) is 9.53. The fourth-order valence-corrected chi connectivity index (χ4v) is 3.37. The molecular formula is C22H26FN3O2. The van der Waals surface area contributed by atoms with Crippen LogP contribution in [0.5, 0.6) is 0 Å². The van der Waals surface area contributed by atoms with Crippen LogP contribution >= 0.6 is 0 Å². The van der Waals surface area contributed by atoms with Crippen molar-refractivity contribution in [1.29, 1.82) is 0 Å². The Morgan fingerprint density at radius 2 is 1.64 bits per heavy atom. The Kier molecular flexibility index (Phi) is 6.29. The molecule has 1 heterocycles. The van der Waals surface area contributed by atoms with Crippen LogP contribution in [0.2, 0.25) is 0 Å². The predicted octanol–water partition coefficient (Wildman–Crippen LogP) is 3.31. The highest BCUT2D eigenvalue weighted by Crippen LogP contribution is 2.21. The van der Waals surface area contributed by atoms with E-state index in [1.54, 1.807) is 17.0 Å². The van der Waals surface area contributed by atoms with Crippen molar-refractivity contribution < 1.29 is 14.0 Å². The van der Waals surface area contributed by atoms with Crippen molar-refractivity contribution in [2.45, 2.75) is 19.3 Å². The zero-order valence-corrected chi connectivity index (χ0v) is 16.3. The molecule has 6 heteroatoms. The monoisotopic (exact) mass is 383 g/mol. The van der Waals surface area contributed by atoms with Crippen molar-refractivity contribution >= 4 is 23.2 Å². The zero-order valence-electron chi connectivity index (χ0n) is 16.3. The number of hydrogen-bond donors (Lipinski definition) is 1. The first-order chi connectivity index (χ1) is 13.4. The second kappa shape index (κ2) is 8.87. The Balaban J connectivity index is 1.48. The number of anilines is 2. The molecule has 0 radical (unpaired) electrons. The molecule has 28 heavy (non-hydrogen) atoms. The Labute approximate surface area is 165 Å². The number of benzene rings is 2. The number of piperidine rings is 1. The lowest BCUT2D eigenvalue weighted by Gasteiger charge is -2.31. The fourth-order valence-electron chi connectivity index (χ4n) is 3.37. The highest BCUT2D eigenvalue weighted by Gasteiger charge is 2.27. The number of likely N-dealkylation sites (tertiary alicyclic amines) is 1. The molecule has 2 aromatic rings. The third-order valence-electron chi connectivity index (χ3n) is 5.14. The van der Waals surface area contributed by atoms with Crippen molar-refractivity contribution in [3.63, 3.8) is 0 Å². The summed E-state index contributed by atoms with van der Waals surface area (Å²) in [5.74, 6) is -0.379. The van der Waals surface area contributed by atoms with Crippen molar-refractivity contribution in [3.05, 3.63) is 59.9 Å². The minimum atomic E-state index is -0.306. The molecule has 2 aromatic carbocycles. The molecule has 0 spiro atoms. The third kappa shape index (κ3) is 5.09. The Bertz CT molecular complexity index is 811. The molecule has 5 nitrogen and oxygen atoms in total. The summed E-state index contributed by atoms with van der Waals surface area (Å²) in [7, 11) is 3.94. The number of rotatable bonds is 5. The van der Waals surface area contributed by atoms with Crippen molar-refractivity contribution in [2.75, 3.05) is 37.4 Å². The topological polar surface area (TPSA) is 52.7 Å². The largest absolute Gasteiger partial charge is 0.378 e. The second-order valence-corrected chi connectivity index (χ2v) is 7.39. The van der Waals surface area contributed by atoms with E-state index in [1.807, 2.05) is 43.3 Å². The summed E-state index contributed by atoms with van der Waals surface area (Å²) in [5, 5.41) is 2.97. The standard InChI is InChI=1S/C22H26FN3O2/c1-25(2)20-9-7-19(8-10-20)24-22(28)17-11-13-26(14-12-17)21(27)15-16-3-5-18(23)6-4-16/h3-10,17H,11-15H2,1-2H3,(H,24,28). The van der Waals surface area contributed by atoms with Crippen LogP contribution in [-0.2, 0) is 16.0 Å². The summed E-state index contributed by atoms with van der Waals surface area (Å²) in [4.78, 5) is 28.8. The minimum Gasteiger partial charge on any atom is -0.378 e. The third-order valence-corrected chi connectivity index (χ3v) is 5.14. The molecule has 1 N–H and O–H groups in total. The summed E-state index contributed by atoms with van der Waals surface area (Å²) >= 11 is 0. The van der Waals surface area contributed by atoms with Gasteiger partial charge in [0, 0.05) is 44.5 Å². The smallest absolute Gasteiger partial charge is 0.227 e. The van der Waals surface area contributed by atoms with E-state index in [2.05, 4.69) is 5.32 Å². The molecule has 148 valence electrons. The number of nitrogens with zero attached hydrogens (tertiary/aromatic N) is 2. The quantitative estimate of drug-likeness (QED) is 0.862. The number of halogens is 1. The van der Waals surface area contributed by atoms with E-state index < -0.39 is 0 Å². The van der Waals surface area contributed by atoms with Crippen LogP contribution < -0.4 is 10.2 Å². The number of hydrogen-bond acceptors (Lipinski definition) is 3. The van der Waals surface area contributed by atoms with E-state index in [0.717, 1.165) is 16.9 Å². The maximum atomic E-state index is 13.0. The van der Waals surface area contributed by atoms with Crippen molar-refractivity contribution in [2.24, 2.45) is 5.92 Å². The zero-order chi connectivity index (χ0) is 20.1. The van der Waals surface area contributed by atoms with Crippen LogP contribution in [-0.4, -0.2) is 43.9 Å². The number of carbonyl (C=O) groups excluding carboxylic acids is 2. The minimum absolute atomic E-state index is 0.00300. The van der Waals surface area contributed by atoms with Gasteiger partial charge < -0.3 is 15.1 Å². The number of amides is 2. The second-order valence-electron chi connectivity index (χ2n) is 7.39. The Morgan fingerprint density at radius 3 is 2.21 bits per heavy atom. The van der Waals surface area contributed by atoms with Crippen LogP contribution in [0.15, 0.2) is 48.5 Å². The predicted molar refractivity (Wildman–Crippen MR) is 109 cm³/mol. The van der Waals surface area contributed by atoms with Gasteiger partial charge >= 0.3 is 0 Å². The molecule has 1 aliphatic heterocycles. The molecule has 0 unspecified atom stereocenters. The SMILES string of the molecule is CN(C)c1ccc(NC(=O)C2CCN(C(=O)Cc3ccc(F)cc3)CC2)cc1. The Morgan fingerprint density at radius 1 is 1.04 bits per heavy atom. The highest BCUT2D eigenvalue weighted by atomic mass is 19.1. The van der Waals surface area contributed by atoms with Crippen LogP contribution in [0.1, 0.15) is 18.4 Å². The molecule has 0 bridgehead atoms. The van der Waals surface area contributed by atoms with E-state index in [9.17, 15) is 14.0 Å². The lowest BCUT2D eigenvalue weighted by Crippen LogP contribution is -2.42. The van der Waals surface area contributed by atoms with E-state index in [4.69, 9.17) is 0 Å². The van der Waals surface area contributed by atoms with Crippen LogP contribution in [0, 0.1) is 11.7 Å². The Hall–Kier alpha value is -2.89. The summed E-state index contributed by atoms with van der Waals surface area (Å²) in [6.07, 6.45) is 1.56. The molecule has 0 saturated carbocycles. The summed E-state index contributed by atoms with van der Waals surface area (Å²) in [5.41, 5.74) is 2.66.